The standard InChI is InChI=1S/C27H25F2N3O7S/c1-39-21-10-4-18(5-11-21)27(36)31-14-15-32(40(37,38)22-12-8-20(29)9-13-22)26(31)25(35)30-23(16-24(33)34)17-2-6-19(28)7-3-17/h2-13,23,26H,14-16H2,1H3,(H,30,35)(H,33,34). The van der Waals surface area contributed by atoms with Gasteiger partial charge in [0.15, 0.2) is 6.17 Å². The Hall–Kier alpha value is -4.36. The Morgan fingerprint density at radius 1 is 0.950 bits per heavy atom. The number of ether oxygens (including phenoxy) is 1. The molecule has 1 aliphatic heterocycles. The van der Waals surface area contributed by atoms with E-state index in [0.717, 1.165) is 45.6 Å². The van der Waals surface area contributed by atoms with Crippen LogP contribution in [0.15, 0.2) is 77.7 Å². The molecule has 0 spiro atoms. The fraction of sp³-hybridized carbons (Fsp3) is 0.222. The number of carboxylic acid groups (broad SMARTS) is 1. The van der Waals surface area contributed by atoms with Crippen molar-refractivity contribution in [3.05, 3.63) is 95.6 Å². The zero-order chi connectivity index (χ0) is 29.0. The van der Waals surface area contributed by atoms with E-state index >= 15 is 0 Å². The quantitative estimate of drug-likeness (QED) is 0.402. The van der Waals surface area contributed by atoms with Crippen molar-refractivity contribution in [2.45, 2.75) is 23.5 Å². The summed E-state index contributed by atoms with van der Waals surface area (Å²) in [5.41, 5.74) is 0.413. The molecule has 210 valence electrons. The lowest BCUT2D eigenvalue weighted by atomic mass is 10.0. The molecule has 4 rings (SSSR count). The van der Waals surface area contributed by atoms with Crippen molar-refractivity contribution in [3.63, 3.8) is 0 Å². The van der Waals surface area contributed by atoms with Crippen molar-refractivity contribution in [2.24, 2.45) is 0 Å². The number of hydrogen-bond donors (Lipinski definition) is 2. The van der Waals surface area contributed by atoms with Crippen molar-refractivity contribution in [2.75, 3.05) is 20.2 Å². The van der Waals surface area contributed by atoms with Crippen molar-refractivity contribution in [3.8, 4) is 5.75 Å². The molecule has 40 heavy (non-hydrogen) atoms. The molecule has 0 aliphatic carbocycles. The molecule has 2 amide bonds. The van der Waals surface area contributed by atoms with Crippen molar-refractivity contribution in [1.82, 2.24) is 14.5 Å². The Balaban J connectivity index is 1.72. The van der Waals surface area contributed by atoms with Gasteiger partial charge >= 0.3 is 5.97 Å². The number of carboxylic acids is 1. The third-order valence-electron chi connectivity index (χ3n) is 6.35. The van der Waals surface area contributed by atoms with Crippen molar-refractivity contribution >= 4 is 27.8 Å². The lowest BCUT2D eigenvalue weighted by Gasteiger charge is -2.30. The molecule has 2 unspecified atom stereocenters. The van der Waals surface area contributed by atoms with Crippen LogP contribution in [0.3, 0.4) is 0 Å². The number of nitrogens with zero attached hydrogens (tertiary/aromatic N) is 2. The van der Waals surface area contributed by atoms with E-state index in [4.69, 9.17) is 4.74 Å². The van der Waals surface area contributed by atoms with E-state index in [-0.39, 0.29) is 29.1 Å². The summed E-state index contributed by atoms with van der Waals surface area (Å²) in [6, 6.07) is 13.6. The monoisotopic (exact) mass is 573 g/mol. The summed E-state index contributed by atoms with van der Waals surface area (Å²) in [5.74, 6) is -3.67. The van der Waals surface area contributed by atoms with E-state index in [9.17, 15) is 36.7 Å². The molecule has 1 fully saturated rings. The molecule has 2 atom stereocenters. The molecule has 10 nitrogen and oxygen atoms in total. The molecule has 3 aromatic carbocycles. The molecule has 1 aliphatic rings. The third kappa shape index (κ3) is 6.10. The Morgan fingerprint density at radius 3 is 2.08 bits per heavy atom. The number of carbonyl (C=O) groups is 3. The fourth-order valence-corrected chi connectivity index (χ4v) is 5.90. The van der Waals surface area contributed by atoms with Gasteiger partial charge in [0.25, 0.3) is 11.8 Å². The SMILES string of the molecule is COc1ccc(C(=O)N2CCN(S(=O)(=O)c3ccc(F)cc3)C2C(=O)NC(CC(=O)O)c2ccc(F)cc2)cc1. The normalized spacial score (nSPS) is 16.4. The minimum absolute atomic E-state index is 0.153. The van der Waals surface area contributed by atoms with E-state index in [1.165, 1.54) is 43.5 Å². The zero-order valence-corrected chi connectivity index (χ0v) is 22.0. The highest BCUT2D eigenvalue weighted by atomic mass is 32.2. The Kier molecular flexibility index (Phi) is 8.45. The first-order valence-electron chi connectivity index (χ1n) is 12.0. The number of benzene rings is 3. The molecule has 1 saturated heterocycles. The average Bonchev–Trinajstić information content (AvgIpc) is 3.39. The second-order valence-corrected chi connectivity index (χ2v) is 10.8. The summed E-state index contributed by atoms with van der Waals surface area (Å²) in [5, 5.41) is 11.9. The molecular formula is C27H25F2N3O7S. The second-order valence-electron chi connectivity index (χ2n) is 8.88. The van der Waals surface area contributed by atoms with E-state index in [1.807, 2.05) is 0 Å². The van der Waals surface area contributed by atoms with Gasteiger partial charge < -0.3 is 20.1 Å². The van der Waals surface area contributed by atoms with Gasteiger partial charge in [0.2, 0.25) is 10.0 Å². The van der Waals surface area contributed by atoms with Crippen LogP contribution in [0, 0.1) is 11.6 Å². The van der Waals surface area contributed by atoms with Gasteiger partial charge in [0.05, 0.1) is 24.5 Å². The minimum Gasteiger partial charge on any atom is -0.497 e. The predicted molar refractivity (Wildman–Crippen MR) is 138 cm³/mol. The molecule has 3 aromatic rings. The molecule has 2 N–H and O–H groups in total. The van der Waals surface area contributed by atoms with E-state index < -0.39 is 58.1 Å². The van der Waals surface area contributed by atoms with Crippen LogP contribution >= 0.6 is 0 Å². The van der Waals surface area contributed by atoms with Gasteiger partial charge in [-0.25, -0.2) is 17.2 Å². The lowest BCUT2D eigenvalue weighted by Crippen LogP contribution is -2.54. The van der Waals surface area contributed by atoms with Crippen LogP contribution in [0.25, 0.3) is 0 Å². The summed E-state index contributed by atoms with van der Waals surface area (Å²) >= 11 is 0. The predicted octanol–water partition coefficient (Wildman–Crippen LogP) is 2.78. The van der Waals surface area contributed by atoms with Crippen LogP contribution in [0.2, 0.25) is 0 Å². The number of nitrogens with one attached hydrogen (secondary N) is 1. The molecule has 13 heteroatoms. The maximum absolute atomic E-state index is 13.7. The average molecular weight is 574 g/mol. The fourth-order valence-electron chi connectivity index (χ4n) is 4.35. The van der Waals surface area contributed by atoms with Crippen LogP contribution in [0.1, 0.15) is 28.4 Å². The number of carbonyl (C=O) groups excluding carboxylic acids is 2. The van der Waals surface area contributed by atoms with Crippen molar-refractivity contribution in [1.29, 1.82) is 0 Å². The van der Waals surface area contributed by atoms with E-state index in [1.54, 1.807) is 0 Å². The van der Waals surface area contributed by atoms with Crippen LogP contribution < -0.4 is 10.1 Å². The van der Waals surface area contributed by atoms with Crippen LogP contribution in [0.5, 0.6) is 5.75 Å². The summed E-state index contributed by atoms with van der Waals surface area (Å²) < 4.78 is 60.0. The lowest BCUT2D eigenvalue weighted by molar-refractivity contribution is -0.138. The van der Waals surface area contributed by atoms with Gasteiger partial charge in [0.1, 0.15) is 17.4 Å². The summed E-state index contributed by atoms with van der Waals surface area (Å²) in [7, 11) is -2.96. The first kappa shape index (κ1) is 28.6. The second kappa shape index (κ2) is 11.8. The van der Waals surface area contributed by atoms with Crippen LogP contribution in [-0.4, -0.2) is 66.9 Å². The number of hydrogen-bond acceptors (Lipinski definition) is 6. The third-order valence-corrected chi connectivity index (χ3v) is 8.22. The van der Waals surface area contributed by atoms with Gasteiger partial charge in [-0.05, 0) is 66.2 Å². The Morgan fingerprint density at radius 2 is 1.52 bits per heavy atom. The van der Waals surface area contributed by atoms with E-state index in [0.29, 0.717) is 5.75 Å². The van der Waals surface area contributed by atoms with Gasteiger partial charge in [-0.1, -0.05) is 12.1 Å². The number of amides is 2. The number of rotatable bonds is 9. The topological polar surface area (TPSA) is 133 Å². The maximum Gasteiger partial charge on any atom is 0.305 e. The summed E-state index contributed by atoms with van der Waals surface area (Å²) in [4.78, 5) is 39.5. The highest BCUT2D eigenvalue weighted by Gasteiger charge is 2.47. The van der Waals surface area contributed by atoms with E-state index in [2.05, 4.69) is 5.32 Å². The molecule has 0 bridgehead atoms. The molecule has 0 aromatic heterocycles. The smallest absolute Gasteiger partial charge is 0.305 e. The first-order chi connectivity index (χ1) is 19.0. The van der Waals surface area contributed by atoms with Crippen LogP contribution in [-0.2, 0) is 19.6 Å². The molecule has 1 heterocycles. The molecule has 0 radical (unpaired) electrons. The molecular weight excluding hydrogens is 548 g/mol. The highest BCUT2D eigenvalue weighted by Crippen LogP contribution is 2.28. The summed E-state index contributed by atoms with van der Waals surface area (Å²) in [6.07, 6.45) is -2.30. The van der Waals surface area contributed by atoms with Crippen LogP contribution in [0.4, 0.5) is 8.78 Å². The number of methoxy groups -OCH3 is 1. The molecule has 0 saturated carbocycles. The zero-order valence-electron chi connectivity index (χ0n) is 21.2. The van der Waals surface area contributed by atoms with Gasteiger partial charge in [0, 0.05) is 18.7 Å². The number of halogens is 2. The summed E-state index contributed by atoms with van der Waals surface area (Å²) in [6.45, 7) is -0.427. The van der Waals surface area contributed by atoms with Gasteiger partial charge in [-0.15, -0.1) is 0 Å². The first-order valence-corrected chi connectivity index (χ1v) is 13.5. The Bertz CT molecular complexity index is 1500. The number of sulfonamides is 1. The Labute approximate surface area is 228 Å². The van der Waals surface area contributed by atoms with Gasteiger partial charge in [-0.2, -0.15) is 4.31 Å². The number of aliphatic carboxylic acids is 1. The van der Waals surface area contributed by atoms with Crippen molar-refractivity contribution < 1.29 is 41.4 Å². The largest absolute Gasteiger partial charge is 0.497 e. The highest BCUT2D eigenvalue weighted by molar-refractivity contribution is 7.89. The maximum atomic E-state index is 13.7. The van der Waals surface area contributed by atoms with Gasteiger partial charge in [-0.3, -0.25) is 14.4 Å². The minimum atomic E-state index is -4.41.